The monoisotopic (exact) mass is 495 g/mol. The first-order valence-corrected chi connectivity index (χ1v) is 13.3. The van der Waals surface area contributed by atoms with Crippen molar-refractivity contribution in [3.05, 3.63) is 59.1 Å². The molecule has 0 radical (unpaired) electrons. The van der Waals surface area contributed by atoms with Gasteiger partial charge in [-0.25, -0.2) is 18.1 Å². The summed E-state index contributed by atoms with van der Waals surface area (Å²) in [5.74, 6) is 0.862. The minimum absolute atomic E-state index is 0.154. The molecule has 0 bridgehead atoms. The fourth-order valence-corrected chi connectivity index (χ4v) is 7.20. The highest BCUT2D eigenvalue weighted by molar-refractivity contribution is 7.93. The molecule has 2 aromatic carbocycles. The van der Waals surface area contributed by atoms with Gasteiger partial charge in [0, 0.05) is 22.2 Å². The van der Waals surface area contributed by atoms with Gasteiger partial charge in [-0.1, -0.05) is 42.6 Å². The Kier molecular flexibility index (Phi) is 5.51. The van der Waals surface area contributed by atoms with Gasteiger partial charge >= 0.3 is 11.3 Å². The van der Waals surface area contributed by atoms with Crippen LogP contribution in [0.15, 0.2) is 57.8 Å². The molecule has 0 saturated heterocycles. The van der Waals surface area contributed by atoms with Gasteiger partial charge in [0.2, 0.25) is 0 Å². The first-order chi connectivity index (χ1) is 14.9. The summed E-state index contributed by atoms with van der Waals surface area (Å²) in [6.45, 7) is 0.377. The van der Waals surface area contributed by atoms with E-state index in [9.17, 15) is 12.6 Å². The summed E-state index contributed by atoms with van der Waals surface area (Å²) in [5, 5.41) is 1.85. The zero-order valence-corrected chi connectivity index (χ0v) is 19.4. The fourth-order valence-electron chi connectivity index (χ4n) is 3.41. The Bertz CT molecular complexity index is 1300. The third-order valence-corrected chi connectivity index (χ3v) is 9.45. The topological polar surface area (TPSA) is 88.1 Å². The molecule has 11 heteroatoms. The molecular formula is C20H18ClN3O4S3. The summed E-state index contributed by atoms with van der Waals surface area (Å²) in [4.78, 5) is 0.154. The van der Waals surface area contributed by atoms with E-state index in [0.29, 0.717) is 33.9 Å². The van der Waals surface area contributed by atoms with Gasteiger partial charge in [-0.3, -0.25) is 4.31 Å². The van der Waals surface area contributed by atoms with Crippen LogP contribution in [0.1, 0.15) is 24.8 Å². The summed E-state index contributed by atoms with van der Waals surface area (Å²) < 4.78 is 49.4. The van der Waals surface area contributed by atoms with Crippen LogP contribution in [0.3, 0.4) is 0 Å². The van der Waals surface area contributed by atoms with Gasteiger partial charge in [0.15, 0.2) is 5.84 Å². The summed E-state index contributed by atoms with van der Waals surface area (Å²) in [6, 6.07) is 13.9. The number of anilines is 1. The maximum atomic E-state index is 13.6. The van der Waals surface area contributed by atoms with Crippen LogP contribution in [0.5, 0.6) is 0 Å². The van der Waals surface area contributed by atoms with Gasteiger partial charge in [0.05, 0.1) is 9.92 Å². The van der Waals surface area contributed by atoms with E-state index in [1.165, 1.54) is 27.8 Å². The van der Waals surface area contributed by atoms with E-state index < -0.39 is 21.3 Å². The first kappa shape index (κ1) is 20.9. The van der Waals surface area contributed by atoms with Crippen molar-refractivity contribution >= 4 is 65.2 Å². The van der Waals surface area contributed by atoms with Crippen LogP contribution in [0.2, 0.25) is 5.02 Å². The first-order valence-electron chi connectivity index (χ1n) is 9.67. The van der Waals surface area contributed by atoms with E-state index in [-0.39, 0.29) is 4.90 Å². The largest absolute Gasteiger partial charge is 0.309 e. The van der Waals surface area contributed by atoms with Crippen LogP contribution in [-0.4, -0.2) is 25.0 Å². The highest BCUT2D eigenvalue weighted by Gasteiger charge is 2.31. The van der Waals surface area contributed by atoms with Crippen LogP contribution in [0, 0.1) is 5.92 Å². The van der Waals surface area contributed by atoms with Crippen LogP contribution in [-0.2, 0) is 25.6 Å². The van der Waals surface area contributed by atoms with E-state index in [4.69, 9.17) is 15.9 Å². The Morgan fingerprint density at radius 2 is 1.94 bits per heavy atom. The highest BCUT2D eigenvalue weighted by Crippen LogP contribution is 2.44. The third-order valence-electron chi connectivity index (χ3n) is 5.27. The molecule has 3 aromatic rings. The Morgan fingerprint density at radius 3 is 2.58 bits per heavy atom. The van der Waals surface area contributed by atoms with Crippen LogP contribution >= 0.6 is 22.9 Å². The summed E-state index contributed by atoms with van der Waals surface area (Å²) >= 11 is 6.24. The van der Waals surface area contributed by atoms with Gasteiger partial charge in [-0.05, 0) is 42.7 Å². The lowest BCUT2D eigenvalue weighted by molar-refractivity contribution is 0.306. The number of nitrogens with zero attached hydrogens (tertiary/aromatic N) is 2. The molecule has 1 aliphatic heterocycles. The maximum absolute atomic E-state index is 13.6. The molecule has 1 saturated carbocycles. The molecule has 2 aliphatic rings. The number of rotatable bonds is 7. The van der Waals surface area contributed by atoms with Crippen LogP contribution in [0.4, 0.5) is 5.00 Å². The van der Waals surface area contributed by atoms with E-state index in [0.717, 1.165) is 29.3 Å². The smallest absolute Gasteiger partial charge is 0.256 e. The van der Waals surface area contributed by atoms with Crippen molar-refractivity contribution in [1.82, 2.24) is 5.48 Å². The second kappa shape index (κ2) is 8.18. The second-order valence-electron chi connectivity index (χ2n) is 7.39. The molecule has 0 amide bonds. The number of hydroxylamine groups is 1. The molecule has 0 spiro atoms. The lowest BCUT2D eigenvalue weighted by atomic mass is 10.2. The Labute approximate surface area is 191 Å². The van der Waals surface area contributed by atoms with Gasteiger partial charge in [0.1, 0.15) is 5.00 Å². The number of benzene rings is 2. The molecule has 162 valence electrons. The molecule has 1 aromatic heterocycles. The Balaban J connectivity index is 1.52. The number of amidine groups is 1. The third kappa shape index (κ3) is 4.10. The minimum atomic E-state index is -3.84. The van der Waals surface area contributed by atoms with Gasteiger partial charge in [-0.2, -0.15) is 4.28 Å². The lowest BCUT2D eigenvalue weighted by Crippen LogP contribution is -2.32. The fraction of sp³-hybridized carbons (Fsp3) is 0.250. The van der Waals surface area contributed by atoms with E-state index in [1.807, 2.05) is 24.3 Å². The Morgan fingerprint density at radius 1 is 1.19 bits per heavy atom. The van der Waals surface area contributed by atoms with Crippen LogP contribution in [0.25, 0.3) is 10.1 Å². The van der Waals surface area contributed by atoms with E-state index >= 15 is 0 Å². The molecule has 7 nitrogen and oxygen atoms in total. The predicted octanol–water partition coefficient (Wildman–Crippen LogP) is 4.41. The number of thiophene rings is 1. The average molecular weight is 496 g/mol. The molecule has 1 fully saturated rings. The van der Waals surface area contributed by atoms with Crippen molar-refractivity contribution in [2.75, 3.05) is 10.8 Å². The van der Waals surface area contributed by atoms with Crippen LogP contribution < -0.4 is 9.79 Å². The molecule has 5 rings (SSSR count). The number of fused-ring (bicyclic) bond motifs is 1. The molecule has 1 aliphatic carbocycles. The zero-order chi connectivity index (χ0) is 21.6. The van der Waals surface area contributed by atoms with Crippen molar-refractivity contribution in [1.29, 1.82) is 0 Å². The second-order valence-corrected chi connectivity index (χ2v) is 11.4. The predicted molar refractivity (Wildman–Crippen MR) is 124 cm³/mol. The number of hydrogen-bond donors (Lipinski definition) is 1. The molecular weight excluding hydrogens is 478 g/mol. The van der Waals surface area contributed by atoms with Crippen molar-refractivity contribution in [3.8, 4) is 0 Å². The van der Waals surface area contributed by atoms with Crippen molar-refractivity contribution in [2.24, 2.45) is 10.3 Å². The summed E-state index contributed by atoms with van der Waals surface area (Å²) in [5.41, 5.74) is 3.04. The quantitative estimate of drug-likeness (QED) is 0.524. The molecule has 1 unspecified atom stereocenters. The average Bonchev–Trinajstić information content (AvgIpc) is 3.41. The standard InChI is InChI=1S/C20H18ClN3O4S3/c21-18-16-3-1-2-4-17(16)29-20(18)24(12-11-13-5-6-13)31(26,27)15-9-7-14(8-10-15)19-22-28-30(25)23-19/h1-4,7-10,13H,5-6,11-12H2,(H,22,23). The normalized spacial score (nSPS) is 18.7. The van der Waals surface area contributed by atoms with Gasteiger partial charge in [0.25, 0.3) is 10.0 Å². The maximum Gasteiger partial charge on any atom is 0.309 e. The number of hydrogen-bond acceptors (Lipinski definition) is 6. The SMILES string of the molecule is O=S1N=C(c2ccc(S(=O)(=O)N(CCC3CC3)c3sc4ccccc4c3Cl)cc2)NO1. The van der Waals surface area contributed by atoms with E-state index in [2.05, 4.69) is 9.88 Å². The molecule has 1 atom stereocenters. The van der Waals surface area contributed by atoms with E-state index in [1.54, 1.807) is 12.1 Å². The van der Waals surface area contributed by atoms with Crippen molar-refractivity contribution in [3.63, 3.8) is 0 Å². The molecule has 1 N–H and O–H groups in total. The number of halogens is 1. The van der Waals surface area contributed by atoms with Crippen molar-refractivity contribution in [2.45, 2.75) is 24.2 Å². The highest BCUT2D eigenvalue weighted by atomic mass is 35.5. The number of nitrogens with one attached hydrogen (secondary N) is 1. The van der Waals surface area contributed by atoms with Gasteiger partial charge in [-0.15, -0.1) is 15.7 Å². The van der Waals surface area contributed by atoms with Crippen molar-refractivity contribution < 1.29 is 16.9 Å². The lowest BCUT2D eigenvalue weighted by Gasteiger charge is -2.23. The minimum Gasteiger partial charge on any atom is -0.256 e. The van der Waals surface area contributed by atoms with Gasteiger partial charge < -0.3 is 0 Å². The molecule has 31 heavy (non-hydrogen) atoms. The Hall–Kier alpha value is -1.98. The summed E-state index contributed by atoms with van der Waals surface area (Å²) in [7, 11) is -3.84. The summed E-state index contributed by atoms with van der Waals surface area (Å²) in [6.07, 6.45) is 3.08. The zero-order valence-electron chi connectivity index (χ0n) is 16.2. The molecule has 2 heterocycles. The number of sulfonamides is 1.